The smallest absolute Gasteiger partial charge is 0.157 e. The molecule has 0 saturated carbocycles. The van der Waals surface area contributed by atoms with Crippen molar-refractivity contribution in [3.63, 3.8) is 0 Å². The van der Waals surface area contributed by atoms with E-state index in [9.17, 15) is 0 Å². The van der Waals surface area contributed by atoms with Crippen LogP contribution in [0.25, 0.3) is 0 Å². The first-order valence-corrected chi connectivity index (χ1v) is 8.30. The van der Waals surface area contributed by atoms with Gasteiger partial charge in [0.25, 0.3) is 0 Å². The van der Waals surface area contributed by atoms with Crippen LogP contribution in [-0.2, 0) is 11.2 Å². The van der Waals surface area contributed by atoms with E-state index in [1.54, 1.807) is 0 Å². The number of rotatable bonds is 10. The SMILES string of the molecule is CCCC(OCC)c1nc(C)c(CCCNCC)c(C)n1. The number of ether oxygens (including phenoxy) is 1. The molecule has 1 rings (SSSR count). The van der Waals surface area contributed by atoms with E-state index in [4.69, 9.17) is 14.7 Å². The van der Waals surface area contributed by atoms with Crippen molar-refractivity contribution in [2.45, 2.75) is 66.4 Å². The van der Waals surface area contributed by atoms with E-state index < -0.39 is 0 Å². The van der Waals surface area contributed by atoms with Crippen molar-refractivity contribution in [3.8, 4) is 0 Å². The number of nitrogens with one attached hydrogen (secondary N) is 1. The highest BCUT2D eigenvalue weighted by atomic mass is 16.5. The van der Waals surface area contributed by atoms with E-state index in [2.05, 4.69) is 33.0 Å². The minimum Gasteiger partial charge on any atom is -0.371 e. The number of nitrogens with zero attached hydrogens (tertiary/aromatic N) is 2. The van der Waals surface area contributed by atoms with Crippen LogP contribution in [0.2, 0.25) is 0 Å². The van der Waals surface area contributed by atoms with Gasteiger partial charge in [0.05, 0.1) is 0 Å². The fraction of sp³-hybridized carbons (Fsp3) is 0.765. The van der Waals surface area contributed by atoms with Gasteiger partial charge in [-0.05, 0) is 58.7 Å². The second-order valence-corrected chi connectivity index (χ2v) is 5.42. The third-order valence-corrected chi connectivity index (χ3v) is 3.68. The van der Waals surface area contributed by atoms with E-state index in [-0.39, 0.29) is 6.10 Å². The molecule has 0 radical (unpaired) electrons. The van der Waals surface area contributed by atoms with Gasteiger partial charge in [-0.1, -0.05) is 20.3 Å². The lowest BCUT2D eigenvalue weighted by Crippen LogP contribution is -2.16. The number of hydrogen-bond acceptors (Lipinski definition) is 4. The summed E-state index contributed by atoms with van der Waals surface area (Å²) < 4.78 is 5.80. The highest BCUT2D eigenvalue weighted by Gasteiger charge is 2.17. The van der Waals surface area contributed by atoms with E-state index in [0.717, 1.165) is 56.0 Å². The van der Waals surface area contributed by atoms with Crippen molar-refractivity contribution in [3.05, 3.63) is 22.8 Å². The molecule has 0 aromatic carbocycles. The molecule has 1 atom stereocenters. The van der Waals surface area contributed by atoms with E-state index in [1.807, 2.05) is 6.92 Å². The predicted octanol–water partition coefficient (Wildman–Crippen LogP) is 3.51. The van der Waals surface area contributed by atoms with Crippen LogP contribution in [0.3, 0.4) is 0 Å². The zero-order valence-electron chi connectivity index (χ0n) is 14.3. The van der Waals surface area contributed by atoms with Gasteiger partial charge in [0.2, 0.25) is 0 Å². The highest BCUT2D eigenvalue weighted by molar-refractivity contribution is 5.25. The standard InChI is InChI=1S/C17H31N3O/c1-6-10-16(21-8-3)17-19-13(4)15(14(5)20-17)11-9-12-18-7-2/h16,18H,6-12H2,1-5H3. The molecule has 0 spiro atoms. The Morgan fingerprint density at radius 3 is 2.29 bits per heavy atom. The minimum atomic E-state index is 0.0354. The third-order valence-electron chi connectivity index (χ3n) is 3.68. The molecule has 0 aliphatic rings. The van der Waals surface area contributed by atoms with Gasteiger partial charge in [-0.15, -0.1) is 0 Å². The maximum Gasteiger partial charge on any atom is 0.157 e. The number of hydrogen-bond donors (Lipinski definition) is 1. The summed E-state index contributed by atoms with van der Waals surface area (Å²) in [5.74, 6) is 0.851. The Kier molecular flexibility index (Phi) is 8.47. The molecule has 1 aromatic rings. The van der Waals surface area contributed by atoms with Crippen LogP contribution in [0.15, 0.2) is 0 Å². The number of aryl methyl sites for hydroxylation is 2. The molecule has 1 N–H and O–H groups in total. The molecule has 0 bridgehead atoms. The van der Waals surface area contributed by atoms with Crippen molar-refractivity contribution in [1.82, 2.24) is 15.3 Å². The Bertz CT molecular complexity index is 391. The van der Waals surface area contributed by atoms with E-state index in [0.29, 0.717) is 6.61 Å². The van der Waals surface area contributed by atoms with Gasteiger partial charge in [-0.25, -0.2) is 9.97 Å². The summed E-state index contributed by atoms with van der Waals surface area (Å²) >= 11 is 0. The van der Waals surface area contributed by atoms with Crippen LogP contribution in [0.5, 0.6) is 0 Å². The molecule has 4 nitrogen and oxygen atoms in total. The fourth-order valence-corrected chi connectivity index (χ4v) is 2.59. The average molecular weight is 293 g/mol. The number of aromatic nitrogens is 2. The topological polar surface area (TPSA) is 47.0 Å². The zero-order valence-corrected chi connectivity index (χ0v) is 14.3. The molecule has 120 valence electrons. The van der Waals surface area contributed by atoms with E-state index in [1.165, 1.54) is 5.56 Å². The van der Waals surface area contributed by atoms with Crippen LogP contribution < -0.4 is 5.32 Å². The van der Waals surface area contributed by atoms with Gasteiger partial charge in [0.15, 0.2) is 5.82 Å². The first-order chi connectivity index (χ1) is 10.1. The van der Waals surface area contributed by atoms with Gasteiger partial charge in [0.1, 0.15) is 6.10 Å². The Hall–Kier alpha value is -1.00. The van der Waals surface area contributed by atoms with Crippen LogP contribution in [0, 0.1) is 13.8 Å². The Labute approximate surface area is 129 Å². The molecular formula is C17H31N3O. The minimum absolute atomic E-state index is 0.0354. The monoisotopic (exact) mass is 293 g/mol. The van der Waals surface area contributed by atoms with Gasteiger partial charge in [-0.3, -0.25) is 0 Å². The molecule has 0 amide bonds. The van der Waals surface area contributed by atoms with Gasteiger partial charge >= 0.3 is 0 Å². The van der Waals surface area contributed by atoms with Crippen molar-refractivity contribution >= 4 is 0 Å². The summed E-state index contributed by atoms with van der Waals surface area (Å²) in [6.45, 7) is 13.3. The molecule has 1 heterocycles. The Balaban J connectivity index is 2.82. The molecule has 1 aromatic heterocycles. The zero-order chi connectivity index (χ0) is 15.7. The second kappa shape index (κ2) is 9.85. The second-order valence-electron chi connectivity index (χ2n) is 5.42. The third kappa shape index (κ3) is 5.71. The lowest BCUT2D eigenvalue weighted by molar-refractivity contribution is 0.0491. The fourth-order valence-electron chi connectivity index (χ4n) is 2.59. The summed E-state index contributed by atoms with van der Waals surface area (Å²) in [4.78, 5) is 9.43. The van der Waals surface area contributed by atoms with Crippen LogP contribution in [0.1, 0.15) is 68.9 Å². The normalized spacial score (nSPS) is 12.6. The van der Waals surface area contributed by atoms with Crippen LogP contribution >= 0.6 is 0 Å². The highest BCUT2D eigenvalue weighted by Crippen LogP contribution is 2.22. The lowest BCUT2D eigenvalue weighted by atomic mass is 10.1. The van der Waals surface area contributed by atoms with E-state index >= 15 is 0 Å². The van der Waals surface area contributed by atoms with Crippen molar-refractivity contribution in [2.24, 2.45) is 0 Å². The molecule has 0 saturated heterocycles. The van der Waals surface area contributed by atoms with Crippen LogP contribution in [-0.4, -0.2) is 29.7 Å². The molecule has 4 heteroatoms. The summed E-state index contributed by atoms with van der Waals surface area (Å²) in [5, 5.41) is 3.36. The molecule has 21 heavy (non-hydrogen) atoms. The van der Waals surface area contributed by atoms with Gasteiger partial charge < -0.3 is 10.1 Å². The first-order valence-electron chi connectivity index (χ1n) is 8.30. The summed E-state index contributed by atoms with van der Waals surface area (Å²) in [5.41, 5.74) is 3.51. The maximum absolute atomic E-state index is 5.80. The van der Waals surface area contributed by atoms with Gasteiger partial charge in [0, 0.05) is 18.0 Å². The first kappa shape index (κ1) is 18.1. The van der Waals surface area contributed by atoms with Gasteiger partial charge in [-0.2, -0.15) is 0 Å². The summed E-state index contributed by atoms with van der Waals surface area (Å²) in [7, 11) is 0. The molecule has 0 aliphatic heterocycles. The largest absolute Gasteiger partial charge is 0.371 e. The Morgan fingerprint density at radius 2 is 1.76 bits per heavy atom. The maximum atomic E-state index is 5.80. The van der Waals surface area contributed by atoms with Crippen molar-refractivity contribution < 1.29 is 4.74 Å². The van der Waals surface area contributed by atoms with Crippen molar-refractivity contribution in [1.29, 1.82) is 0 Å². The molecular weight excluding hydrogens is 262 g/mol. The molecule has 0 fully saturated rings. The van der Waals surface area contributed by atoms with Crippen LogP contribution in [0.4, 0.5) is 0 Å². The lowest BCUT2D eigenvalue weighted by Gasteiger charge is -2.18. The molecule has 0 aliphatic carbocycles. The summed E-state index contributed by atoms with van der Waals surface area (Å²) in [6, 6.07) is 0. The average Bonchev–Trinajstić information content (AvgIpc) is 2.45. The quantitative estimate of drug-likeness (QED) is 0.671. The predicted molar refractivity (Wildman–Crippen MR) is 87.6 cm³/mol. The molecule has 1 unspecified atom stereocenters. The Morgan fingerprint density at radius 1 is 1.10 bits per heavy atom. The van der Waals surface area contributed by atoms with Crippen molar-refractivity contribution in [2.75, 3.05) is 19.7 Å². The summed E-state index contributed by atoms with van der Waals surface area (Å²) in [6.07, 6.45) is 4.26.